The summed E-state index contributed by atoms with van der Waals surface area (Å²) in [6.07, 6.45) is 5.54. The molecule has 2 aliphatic rings. The SMILES string of the molecule is C=CCN1C(=O)[C@]2(O[C@H](CCn3cc(C(CO)c4ccccc4)nn3)[C@@H]([Si](C)(C)c3ccc(OC)cc3)[C@@H]2C)c2cc(-n3ncc4ccccc4c3=O)ccc21. The van der Waals surface area contributed by atoms with Crippen molar-refractivity contribution < 1.29 is 19.4 Å². The fourth-order valence-corrected chi connectivity index (χ4v) is 13.2. The van der Waals surface area contributed by atoms with Gasteiger partial charge in [0.2, 0.25) is 0 Å². The molecule has 286 valence electrons. The van der Waals surface area contributed by atoms with Gasteiger partial charge in [-0.2, -0.15) is 9.78 Å². The third-order valence-corrected chi connectivity index (χ3v) is 16.4. The summed E-state index contributed by atoms with van der Waals surface area (Å²) in [7, 11) is -0.765. The molecule has 2 aliphatic heterocycles. The van der Waals surface area contributed by atoms with Crippen molar-refractivity contribution in [3.63, 3.8) is 0 Å². The highest BCUT2D eigenvalue weighted by molar-refractivity contribution is 6.91. The van der Waals surface area contributed by atoms with Gasteiger partial charge < -0.3 is 19.5 Å². The molecular formula is C44H46N6O5Si. The lowest BCUT2D eigenvalue weighted by atomic mass is 9.82. The highest BCUT2D eigenvalue weighted by Gasteiger charge is 2.66. The Morgan fingerprint density at radius 2 is 1.77 bits per heavy atom. The number of rotatable bonds is 12. The van der Waals surface area contributed by atoms with E-state index in [1.807, 2.05) is 89.7 Å². The number of aliphatic hydroxyl groups excluding tert-OH is 1. The predicted molar refractivity (Wildman–Crippen MR) is 219 cm³/mol. The number of benzene rings is 4. The van der Waals surface area contributed by atoms with E-state index >= 15 is 4.79 Å². The third kappa shape index (κ3) is 6.08. The van der Waals surface area contributed by atoms with Gasteiger partial charge in [0.1, 0.15) is 5.75 Å². The second-order valence-electron chi connectivity index (χ2n) is 15.4. The number of amides is 1. The van der Waals surface area contributed by atoms with Gasteiger partial charge in [0, 0.05) is 36.2 Å². The highest BCUT2D eigenvalue weighted by Crippen LogP contribution is 2.60. The van der Waals surface area contributed by atoms with Crippen LogP contribution in [0.4, 0.5) is 5.69 Å². The molecule has 1 fully saturated rings. The van der Waals surface area contributed by atoms with E-state index in [1.165, 1.54) is 9.87 Å². The van der Waals surface area contributed by atoms with E-state index < -0.39 is 13.7 Å². The molecule has 8 rings (SSSR count). The second kappa shape index (κ2) is 14.8. The number of nitrogens with zero attached hydrogens (tertiary/aromatic N) is 6. The molecule has 0 saturated carbocycles. The molecule has 1 saturated heterocycles. The van der Waals surface area contributed by atoms with Gasteiger partial charge in [0.15, 0.2) is 5.60 Å². The number of methoxy groups -OCH3 is 1. The predicted octanol–water partition coefficient (Wildman–Crippen LogP) is 5.95. The van der Waals surface area contributed by atoms with E-state index in [0.717, 1.165) is 28.0 Å². The van der Waals surface area contributed by atoms with Crippen molar-refractivity contribution >= 4 is 35.6 Å². The minimum atomic E-state index is -2.43. The first kappa shape index (κ1) is 37.2. The van der Waals surface area contributed by atoms with Crippen molar-refractivity contribution in [2.75, 3.05) is 25.2 Å². The first-order valence-corrected chi connectivity index (χ1v) is 22.1. The van der Waals surface area contributed by atoms with Crippen LogP contribution >= 0.6 is 0 Å². The zero-order chi connectivity index (χ0) is 39.2. The van der Waals surface area contributed by atoms with E-state index in [2.05, 4.69) is 54.1 Å². The number of ether oxygens (including phenoxy) is 2. The van der Waals surface area contributed by atoms with E-state index in [9.17, 15) is 9.90 Å². The van der Waals surface area contributed by atoms with Crippen LogP contribution in [0.15, 0.2) is 127 Å². The molecule has 1 N–H and O–H groups in total. The molecule has 1 unspecified atom stereocenters. The van der Waals surface area contributed by atoms with Gasteiger partial charge in [0.25, 0.3) is 11.5 Å². The molecule has 4 heterocycles. The van der Waals surface area contributed by atoms with Gasteiger partial charge in [0.05, 0.1) is 62.5 Å². The Bertz CT molecular complexity index is 2470. The molecule has 56 heavy (non-hydrogen) atoms. The summed E-state index contributed by atoms with van der Waals surface area (Å²) in [5.41, 5.74) is 2.08. The average molecular weight is 767 g/mol. The molecule has 0 bridgehead atoms. The van der Waals surface area contributed by atoms with Crippen LogP contribution in [-0.2, 0) is 21.7 Å². The Balaban J connectivity index is 1.21. The molecule has 4 aromatic carbocycles. The number of anilines is 1. The van der Waals surface area contributed by atoms with Crippen LogP contribution in [-0.4, -0.2) is 70.2 Å². The lowest BCUT2D eigenvalue weighted by Crippen LogP contribution is -2.52. The Morgan fingerprint density at radius 1 is 1.02 bits per heavy atom. The molecular weight excluding hydrogens is 721 g/mol. The molecule has 1 spiro atoms. The minimum absolute atomic E-state index is 0.0148. The first-order valence-electron chi connectivity index (χ1n) is 19.1. The molecule has 1 amide bonds. The molecule has 5 atom stereocenters. The van der Waals surface area contributed by atoms with Crippen LogP contribution < -0.4 is 20.4 Å². The maximum Gasteiger partial charge on any atom is 0.279 e. The van der Waals surface area contributed by atoms with Crippen molar-refractivity contribution in [3.8, 4) is 11.4 Å². The number of fused-ring (bicyclic) bond motifs is 3. The smallest absolute Gasteiger partial charge is 0.279 e. The molecule has 2 aromatic heterocycles. The third-order valence-electron chi connectivity index (χ3n) is 12.0. The van der Waals surface area contributed by atoms with Gasteiger partial charge >= 0.3 is 0 Å². The lowest BCUT2D eigenvalue weighted by Gasteiger charge is -2.37. The van der Waals surface area contributed by atoms with Gasteiger partial charge in [-0.15, -0.1) is 11.7 Å². The van der Waals surface area contributed by atoms with Crippen molar-refractivity contribution in [2.24, 2.45) is 5.92 Å². The summed E-state index contributed by atoms with van der Waals surface area (Å²) in [6, 6.07) is 31.1. The number of carbonyl (C=O) groups excluding carboxylic acids is 1. The van der Waals surface area contributed by atoms with E-state index in [1.54, 1.807) is 30.3 Å². The summed E-state index contributed by atoms with van der Waals surface area (Å²) in [4.78, 5) is 30.6. The van der Waals surface area contributed by atoms with Crippen LogP contribution in [0.5, 0.6) is 5.75 Å². The van der Waals surface area contributed by atoms with Gasteiger partial charge in [-0.05, 0) is 53.9 Å². The summed E-state index contributed by atoms with van der Waals surface area (Å²) in [5, 5.41) is 26.4. The first-order chi connectivity index (χ1) is 27.1. The van der Waals surface area contributed by atoms with Crippen LogP contribution in [0.3, 0.4) is 0 Å². The van der Waals surface area contributed by atoms with E-state index in [0.29, 0.717) is 36.3 Å². The standard InChI is InChI=1S/C44H46N6O5Si/c1-6-23-49-39-21-16-32(50-42(52)35-15-11-10-14-31(35)26-45-50)25-37(39)44(43(49)53)29(2)41(56(4,5)34-19-17-33(54-3)18-20-34)40(55-44)22-24-48-27-38(46-47-48)36(28-51)30-12-8-7-9-13-30/h6-21,25-27,29,36,40-41,51H,1,22-24,28H2,2-5H3/t29-,36?,40+,41-,44+/m0/s1. The normalized spacial score (nSPS) is 21.1. The topological polar surface area (TPSA) is 125 Å². The Morgan fingerprint density at radius 3 is 2.50 bits per heavy atom. The number of aryl methyl sites for hydroxylation is 1. The fraction of sp³-hybridized carbons (Fsp3) is 0.295. The van der Waals surface area contributed by atoms with Crippen LogP contribution in [0.1, 0.15) is 36.1 Å². The van der Waals surface area contributed by atoms with Crippen LogP contribution in [0, 0.1) is 5.92 Å². The minimum Gasteiger partial charge on any atom is -0.497 e. The van der Waals surface area contributed by atoms with Crippen molar-refractivity contribution in [1.29, 1.82) is 0 Å². The van der Waals surface area contributed by atoms with Gasteiger partial charge in [-0.3, -0.25) is 14.3 Å². The number of aromatic nitrogens is 5. The van der Waals surface area contributed by atoms with Crippen LogP contribution in [0.2, 0.25) is 18.6 Å². The Kier molecular flexibility index (Phi) is 9.81. The lowest BCUT2D eigenvalue weighted by molar-refractivity contribution is -0.145. The van der Waals surface area contributed by atoms with Crippen LogP contribution in [0.25, 0.3) is 16.5 Å². The Labute approximate surface area is 326 Å². The fourth-order valence-electron chi connectivity index (χ4n) is 9.19. The summed E-state index contributed by atoms with van der Waals surface area (Å²) in [5.74, 6) is 0.0926. The van der Waals surface area contributed by atoms with E-state index in [-0.39, 0.29) is 41.6 Å². The average Bonchev–Trinajstić information content (AvgIpc) is 3.88. The summed E-state index contributed by atoms with van der Waals surface area (Å²) < 4.78 is 16.1. The number of carbonyl (C=O) groups is 1. The molecule has 12 heteroatoms. The monoisotopic (exact) mass is 766 g/mol. The zero-order valence-corrected chi connectivity index (χ0v) is 33.1. The highest BCUT2D eigenvalue weighted by atomic mass is 28.3. The molecule has 0 radical (unpaired) electrons. The molecule has 11 nitrogen and oxygen atoms in total. The summed E-state index contributed by atoms with van der Waals surface area (Å²) in [6.45, 7) is 11.5. The second-order valence-corrected chi connectivity index (χ2v) is 20.0. The largest absolute Gasteiger partial charge is 0.497 e. The quantitative estimate of drug-likeness (QED) is 0.120. The van der Waals surface area contributed by atoms with Crippen molar-refractivity contribution in [3.05, 3.63) is 149 Å². The number of hydrogen-bond donors (Lipinski definition) is 1. The van der Waals surface area contributed by atoms with Gasteiger partial charge in [-0.1, -0.05) is 97.2 Å². The summed E-state index contributed by atoms with van der Waals surface area (Å²) >= 11 is 0. The van der Waals surface area contributed by atoms with Crippen molar-refractivity contribution in [2.45, 2.75) is 56.1 Å². The molecule has 6 aromatic rings. The Hall–Kier alpha value is -5.69. The van der Waals surface area contributed by atoms with Crippen molar-refractivity contribution in [1.82, 2.24) is 24.8 Å². The maximum atomic E-state index is 15.1. The molecule has 0 aliphatic carbocycles. The van der Waals surface area contributed by atoms with E-state index in [4.69, 9.17) is 9.47 Å². The zero-order valence-electron chi connectivity index (χ0n) is 32.1. The van der Waals surface area contributed by atoms with Gasteiger partial charge in [-0.25, -0.2) is 0 Å². The number of hydrogen-bond acceptors (Lipinski definition) is 8. The number of aliphatic hydroxyl groups is 1. The maximum absolute atomic E-state index is 15.1.